The molecular formula is C22H22F2N4O2S. The van der Waals surface area contributed by atoms with E-state index in [1.54, 1.807) is 18.2 Å². The Morgan fingerprint density at radius 1 is 1.23 bits per heavy atom. The van der Waals surface area contributed by atoms with Crippen molar-refractivity contribution in [1.29, 1.82) is 0 Å². The average molecular weight is 445 g/mol. The largest absolute Gasteiger partial charge is 0.435 e. The molecule has 1 amide bonds. The van der Waals surface area contributed by atoms with Crippen molar-refractivity contribution >= 4 is 23.4 Å². The van der Waals surface area contributed by atoms with Crippen LogP contribution in [0.2, 0.25) is 0 Å². The first-order chi connectivity index (χ1) is 14.9. The summed E-state index contributed by atoms with van der Waals surface area (Å²) in [6.07, 6.45) is 1.70. The average Bonchev–Trinajstić information content (AvgIpc) is 3.12. The van der Waals surface area contributed by atoms with E-state index in [2.05, 4.69) is 26.8 Å². The number of nitrogens with zero attached hydrogens (tertiary/aromatic N) is 3. The van der Waals surface area contributed by atoms with Gasteiger partial charge in [-0.05, 0) is 55.3 Å². The molecule has 0 aliphatic carbocycles. The van der Waals surface area contributed by atoms with Gasteiger partial charge in [0.25, 0.3) is 0 Å². The smallest absolute Gasteiger partial charge is 0.387 e. The third-order valence-corrected chi connectivity index (χ3v) is 5.33. The fourth-order valence-corrected chi connectivity index (χ4v) is 3.62. The van der Waals surface area contributed by atoms with Gasteiger partial charge in [0, 0.05) is 17.8 Å². The first-order valence-electron chi connectivity index (χ1n) is 9.46. The van der Waals surface area contributed by atoms with Crippen molar-refractivity contribution in [2.24, 2.45) is 0 Å². The lowest BCUT2D eigenvalue weighted by atomic mass is 10.1. The molecule has 1 heterocycles. The second-order valence-electron chi connectivity index (χ2n) is 6.76. The van der Waals surface area contributed by atoms with E-state index in [0.717, 1.165) is 16.8 Å². The van der Waals surface area contributed by atoms with Crippen molar-refractivity contribution in [3.05, 3.63) is 66.2 Å². The van der Waals surface area contributed by atoms with Crippen molar-refractivity contribution in [3.8, 4) is 17.1 Å². The highest BCUT2D eigenvalue weighted by molar-refractivity contribution is 7.99. The molecule has 162 valence electrons. The van der Waals surface area contributed by atoms with Crippen LogP contribution in [0.4, 0.5) is 14.5 Å². The summed E-state index contributed by atoms with van der Waals surface area (Å²) in [5, 5.41) is 11.9. The van der Waals surface area contributed by atoms with Crippen molar-refractivity contribution in [3.63, 3.8) is 0 Å². The van der Waals surface area contributed by atoms with Gasteiger partial charge in [-0.15, -0.1) is 16.8 Å². The normalized spacial score (nSPS) is 10.9. The Hall–Kier alpha value is -3.20. The van der Waals surface area contributed by atoms with E-state index in [-0.39, 0.29) is 17.4 Å². The predicted octanol–water partition coefficient (Wildman–Crippen LogP) is 5.08. The molecule has 0 atom stereocenters. The molecule has 6 nitrogen and oxygen atoms in total. The highest BCUT2D eigenvalue weighted by atomic mass is 32.2. The molecule has 0 aliphatic rings. The van der Waals surface area contributed by atoms with E-state index in [4.69, 9.17) is 0 Å². The number of amides is 1. The van der Waals surface area contributed by atoms with Gasteiger partial charge in [0.1, 0.15) is 5.75 Å². The number of thioether (sulfide) groups is 1. The number of aryl methyl sites for hydroxylation is 2. The van der Waals surface area contributed by atoms with E-state index >= 15 is 0 Å². The van der Waals surface area contributed by atoms with Crippen LogP contribution >= 0.6 is 11.8 Å². The number of hydrogen-bond donors (Lipinski definition) is 1. The van der Waals surface area contributed by atoms with E-state index in [9.17, 15) is 13.6 Å². The molecule has 0 saturated carbocycles. The van der Waals surface area contributed by atoms with Crippen LogP contribution in [-0.4, -0.2) is 33.0 Å². The summed E-state index contributed by atoms with van der Waals surface area (Å²) in [4.78, 5) is 12.4. The van der Waals surface area contributed by atoms with Crippen molar-refractivity contribution in [2.75, 3.05) is 11.1 Å². The molecule has 0 aliphatic heterocycles. The monoisotopic (exact) mass is 444 g/mol. The molecule has 0 saturated heterocycles. The van der Waals surface area contributed by atoms with Gasteiger partial charge in [0.05, 0.1) is 5.75 Å². The second kappa shape index (κ2) is 10.2. The fraction of sp³-hybridized carbons (Fsp3) is 0.227. The highest BCUT2D eigenvalue weighted by Gasteiger charge is 2.16. The maximum absolute atomic E-state index is 12.4. The topological polar surface area (TPSA) is 69.0 Å². The zero-order valence-corrected chi connectivity index (χ0v) is 18.0. The molecule has 31 heavy (non-hydrogen) atoms. The lowest BCUT2D eigenvalue weighted by molar-refractivity contribution is -0.113. The molecule has 9 heteroatoms. The second-order valence-corrected chi connectivity index (χ2v) is 7.71. The Bertz CT molecular complexity index is 1070. The van der Waals surface area contributed by atoms with Crippen molar-refractivity contribution in [1.82, 2.24) is 14.8 Å². The quantitative estimate of drug-likeness (QED) is 0.368. The molecule has 1 N–H and O–H groups in total. The summed E-state index contributed by atoms with van der Waals surface area (Å²) in [6, 6.07) is 12.0. The summed E-state index contributed by atoms with van der Waals surface area (Å²) in [6.45, 7) is 5.21. The van der Waals surface area contributed by atoms with Crippen LogP contribution in [0.3, 0.4) is 0 Å². The van der Waals surface area contributed by atoms with Crippen LogP contribution in [0.1, 0.15) is 11.1 Å². The Balaban J connectivity index is 1.72. The summed E-state index contributed by atoms with van der Waals surface area (Å²) in [7, 11) is 0. The van der Waals surface area contributed by atoms with Crippen LogP contribution in [0.15, 0.2) is 60.3 Å². The lowest BCUT2D eigenvalue weighted by Crippen LogP contribution is -2.15. The zero-order chi connectivity index (χ0) is 22.4. The van der Waals surface area contributed by atoms with Crippen LogP contribution in [0.5, 0.6) is 5.75 Å². The van der Waals surface area contributed by atoms with E-state index in [1.165, 1.54) is 23.9 Å². The molecule has 0 bridgehead atoms. The molecule has 3 aromatic rings. The molecule has 3 rings (SSSR count). The molecule has 0 unspecified atom stereocenters. The minimum atomic E-state index is -2.88. The van der Waals surface area contributed by atoms with Crippen LogP contribution in [-0.2, 0) is 11.3 Å². The molecule has 2 aromatic carbocycles. The maximum Gasteiger partial charge on any atom is 0.387 e. The van der Waals surface area contributed by atoms with Crippen LogP contribution < -0.4 is 10.1 Å². The molecule has 0 radical (unpaired) electrons. The number of nitrogens with one attached hydrogen (secondary N) is 1. The first-order valence-corrected chi connectivity index (χ1v) is 10.4. The summed E-state index contributed by atoms with van der Waals surface area (Å²) < 4.78 is 30.9. The Labute approximate surface area is 183 Å². The number of anilines is 1. The molecule has 1 aromatic heterocycles. The van der Waals surface area contributed by atoms with Gasteiger partial charge in [-0.25, -0.2) is 0 Å². The number of ether oxygens (including phenoxy) is 1. The number of alkyl halides is 2. The summed E-state index contributed by atoms with van der Waals surface area (Å²) in [5.74, 6) is 0.609. The third kappa shape index (κ3) is 5.91. The standard InChI is InChI=1S/C22H22F2N4O2S/c1-4-11-28-20(16-7-9-17(10-8-16)30-21(23)24)26-27-22(28)31-13-19(29)25-18-12-14(2)5-6-15(18)3/h4-10,12,21H,1,11,13H2,2-3H3,(H,25,29). The van der Waals surface area contributed by atoms with Gasteiger partial charge in [0.15, 0.2) is 11.0 Å². The number of carbonyl (C=O) groups is 1. The maximum atomic E-state index is 12.4. The number of rotatable bonds is 9. The summed E-state index contributed by atoms with van der Waals surface area (Å²) in [5.41, 5.74) is 3.52. The number of hydrogen-bond acceptors (Lipinski definition) is 5. The summed E-state index contributed by atoms with van der Waals surface area (Å²) >= 11 is 1.26. The lowest BCUT2D eigenvalue weighted by Gasteiger charge is -2.10. The Morgan fingerprint density at radius 3 is 2.65 bits per heavy atom. The van der Waals surface area contributed by atoms with E-state index < -0.39 is 6.61 Å². The predicted molar refractivity (Wildman–Crippen MR) is 118 cm³/mol. The van der Waals surface area contributed by atoms with Gasteiger partial charge < -0.3 is 10.1 Å². The van der Waals surface area contributed by atoms with Gasteiger partial charge in [0.2, 0.25) is 5.91 Å². The van der Waals surface area contributed by atoms with E-state index in [0.29, 0.717) is 23.1 Å². The molecular weight excluding hydrogens is 422 g/mol. The first kappa shape index (κ1) is 22.5. The zero-order valence-electron chi connectivity index (χ0n) is 17.1. The van der Waals surface area contributed by atoms with Gasteiger partial charge in [-0.3, -0.25) is 9.36 Å². The number of aromatic nitrogens is 3. The third-order valence-electron chi connectivity index (χ3n) is 4.37. The van der Waals surface area contributed by atoms with Crippen molar-refractivity contribution in [2.45, 2.75) is 32.2 Å². The minimum absolute atomic E-state index is 0.0613. The Morgan fingerprint density at radius 2 is 1.97 bits per heavy atom. The molecule has 0 spiro atoms. The van der Waals surface area contributed by atoms with Crippen LogP contribution in [0.25, 0.3) is 11.4 Å². The van der Waals surface area contributed by atoms with Crippen LogP contribution in [0, 0.1) is 13.8 Å². The van der Waals surface area contributed by atoms with Gasteiger partial charge in [-0.2, -0.15) is 8.78 Å². The number of benzene rings is 2. The van der Waals surface area contributed by atoms with E-state index in [1.807, 2.05) is 36.6 Å². The SMILES string of the molecule is C=CCn1c(SCC(=O)Nc2cc(C)ccc2C)nnc1-c1ccc(OC(F)F)cc1. The number of halogens is 2. The van der Waals surface area contributed by atoms with Gasteiger partial charge >= 0.3 is 6.61 Å². The Kier molecular flexibility index (Phi) is 7.41. The number of allylic oxidation sites excluding steroid dienone is 1. The number of carbonyl (C=O) groups excluding carboxylic acids is 1. The highest BCUT2D eigenvalue weighted by Crippen LogP contribution is 2.26. The van der Waals surface area contributed by atoms with Gasteiger partial charge in [-0.1, -0.05) is 30.0 Å². The minimum Gasteiger partial charge on any atom is -0.435 e. The fourth-order valence-electron chi connectivity index (χ4n) is 2.88. The molecule has 0 fully saturated rings. The van der Waals surface area contributed by atoms with Crippen molar-refractivity contribution < 1.29 is 18.3 Å².